The third-order valence-electron chi connectivity index (χ3n) is 5.97. The number of anilines is 1. The summed E-state index contributed by atoms with van der Waals surface area (Å²) in [7, 11) is 1.71. The highest BCUT2D eigenvalue weighted by Gasteiger charge is 2.25. The van der Waals surface area contributed by atoms with E-state index in [1.807, 2.05) is 29.2 Å². The van der Waals surface area contributed by atoms with E-state index in [4.69, 9.17) is 9.15 Å². The number of hydrogen-bond donors (Lipinski definition) is 0. The number of carbonyl (C=O) groups is 1. The minimum Gasteiger partial charge on any atom is -0.495 e. The Bertz CT molecular complexity index is 883. The summed E-state index contributed by atoms with van der Waals surface area (Å²) >= 11 is 0. The van der Waals surface area contributed by atoms with Crippen LogP contribution in [0.25, 0.3) is 0 Å². The summed E-state index contributed by atoms with van der Waals surface area (Å²) in [6, 6.07) is 8.11. The van der Waals surface area contributed by atoms with Gasteiger partial charge in [0.2, 0.25) is 5.89 Å². The molecule has 0 aliphatic carbocycles. The molecule has 0 bridgehead atoms. The predicted molar refractivity (Wildman–Crippen MR) is 120 cm³/mol. The summed E-state index contributed by atoms with van der Waals surface area (Å²) < 4.78 is 11.1. The molecule has 2 aromatic rings. The van der Waals surface area contributed by atoms with Gasteiger partial charge in [-0.2, -0.15) is 0 Å². The highest BCUT2D eigenvalue weighted by atomic mass is 16.5. The third kappa shape index (κ3) is 5.08. The molecule has 0 atom stereocenters. The number of aromatic nitrogens is 1. The lowest BCUT2D eigenvalue weighted by atomic mass is 10.2. The first kappa shape index (κ1) is 21.4. The Morgan fingerprint density at radius 1 is 1.10 bits per heavy atom. The van der Waals surface area contributed by atoms with Gasteiger partial charge in [0, 0.05) is 58.9 Å². The molecule has 0 saturated carbocycles. The van der Waals surface area contributed by atoms with Gasteiger partial charge >= 0.3 is 0 Å². The number of nitrogens with zero attached hydrogens (tertiary/aromatic N) is 5. The summed E-state index contributed by atoms with van der Waals surface area (Å²) in [5.74, 6) is 1.45. The molecule has 3 heterocycles. The Hall–Kier alpha value is -2.84. The maximum atomic E-state index is 12.8. The van der Waals surface area contributed by atoms with Crippen molar-refractivity contribution in [3.63, 3.8) is 0 Å². The van der Waals surface area contributed by atoms with E-state index < -0.39 is 0 Å². The average molecular weight is 426 g/mol. The number of rotatable bonds is 7. The normalized spacial score (nSPS) is 18.2. The Kier molecular flexibility index (Phi) is 6.89. The lowest BCUT2D eigenvalue weighted by molar-refractivity contribution is 0.0644. The quantitative estimate of drug-likeness (QED) is 0.628. The largest absolute Gasteiger partial charge is 0.495 e. The molecule has 0 radical (unpaired) electrons. The van der Waals surface area contributed by atoms with Crippen molar-refractivity contribution < 1.29 is 13.9 Å². The number of piperazine rings is 2. The van der Waals surface area contributed by atoms with Gasteiger partial charge < -0.3 is 19.0 Å². The zero-order valence-electron chi connectivity index (χ0n) is 18.2. The van der Waals surface area contributed by atoms with E-state index in [0.717, 1.165) is 57.3 Å². The van der Waals surface area contributed by atoms with Crippen LogP contribution in [-0.4, -0.2) is 91.6 Å². The van der Waals surface area contributed by atoms with Crippen LogP contribution in [0.15, 0.2) is 47.6 Å². The van der Waals surface area contributed by atoms with Gasteiger partial charge in [-0.3, -0.25) is 14.6 Å². The first-order chi connectivity index (χ1) is 15.2. The highest BCUT2D eigenvalue weighted by Crippen LogP contribution is 2.28. The zero-order valence-corrected chi connectivity index (χ0v) is 18.2. The van der Waals surface area contributed by atoms with Crippen molar-refractivity contribution in [2.75, 3.05) is 70.9 Å². The maximum Gasteiger partial charge on any atom is 0.275 e. The van der Waals surface area contributed by atoms with Crippen molar-refractivity contribution in [3.05, 3.63) is 54.8 Å². The summed E-state index contributed by atoms with van der Waals surface area (Å²) in [5, 5.41) is 0. The van der Waals surface area contributed by atoms with E-state index in [1.165, 1.54) is 6.26 Å². The van der Waals surface area contributed by atoms with Crippen LogP contribution >= 0.6 is 0 Å². The number of hydrogen-bond acceptors (Lipinski definition) is 7. The predicted octanol–water partition coefficient (Wildman–Crippen LogP) is 1.95. The smallest absolute Gasteiger partial charge is 0.275 e. The van der Waals surface area contributed by atoms with Crippen molar-refractivity contribution in [1.29, 1.82) is 0 Å². The topological polar surface area (TPSA) is 65.3 Å². The van der Waals surface area contributed by atoms with E-state index in [-0.39, 0.29) is 5.91 Å². The second-order valence-corrected chi connectivity index (χ2v) is 7.94. The van der Waals surface area contributed by atoms with Gasteiger partial charge in [-0.25, -0.2) is 4.98 Å². The molecule has 2 aliphatic heterocycles. The summed E-state index contributed by atoms with van der Waals surface area (Å²) in [6.07, 6.45) is 3.40. The molecule has 0 N–H and O–H groups in total. The van der Waals surface area contributed by atoms with Gasteiger partial charge in [-0.1, -0.05) is 18.2 Å². The van der Waals surface area contributed by atoms with Crippen molar-refractivity contribution in [1.82, 2.24) is 19.7 Å². The van der Waals surface area contributed by atoms with Crippen LogP contribution in [0.4, 0.5) is 5.69 Å². The van der Waals surface area contributed by atoms with Crippen molar-refractivity contribution in [3.8, 4) is 5.75 Å². The van der Waals surface area contributed by atoms with Gasteiger partial charge in [-0.15, -0.1) is 6.58 Å². The fourth-order valence-corrected chi connectivity index (χ4v) is 4.19. The average Bonchev–Trinajstić information content (AvgIpc) is 3.28. The lowest BCUT2D eigenvalue weighted by Gasteiger charge is -2.36. The maximum absolute atomic E-state index is 12.8. The monoisotopic (exact) mass is 425 g/mol. The number of methoxy groups -OCH3 is 1. The number of carbonyl (C=O) groups excluding carboxylic acids is 1. The minimum absolute atomic E-state index is 0.0470. The third-order valence-corrected chi connectivity index (χ3v) is 5.97. The van der Waals surface area contributed by atoms with E-state index in [9.17, 15) is 4.79 Å². The summed E-state index contributed by atoms with van der Waals surface area (Å²) in [4.78, 5) is 26.0. The van der Waals surface area contributed by atoms with Crippen LogP contribution < -0.4 is 9.64 Å². The van der Waals surface area contributed by atoms with Crippen LogP contribution in [0, 0.1) is 0 Å². The van der Waals surface area contributed by atoms with Crippen molar-refractivity contribution in [2.24, 2.45) is 0 Å². The van der Waals surface area contributed by atoms with Gasteiger partial charge in [-0.05, 0) is 12.1 Å². The second kappa shape index (κ2) is 9.98. The van der Waals surface area contributed by atoms with Gasteiger partial charge in [0.1, 0.15) is 12.0 Å². The van der Waals surface area contributed by atoms with Crippen molar-refractivity contribution in [2.45, 2.75) is 6.54 Å². The molecule has 2 aliphatic rings. The van der Waals surface area contributed by atoms with E-state index >= 15 is 0 Å². The molecule has 2 fully saturated rings. The standard InChI is InChI=1S/C23H31N5O3/c1-3-8-25-9-15-28(16-10-25)23(29)19-18-31-22(24-19)17-26-11-13-27(14-12-26)20-6-4-5-7-21(20)30-2/h3-7,18H,1,8-17H2,2H3. The molecule has 8 heteroatoms. The van der Waals surface area contributed by atoms with Crippen LogP contribution in [-0.2, 0) is 6.54 Å². The first-order valence-electron chi connectivity index (χ1n) is 10.8. The minimum atomic E-state index is -0.0470. The summed E-state index contributed by atoms with van der Waals surface area (Å²) in [5.41, 5.74) is 1.53. The van der Waals surface area contributed by atoms with Gasteiger partial charge in [0.25, 0.3) is 5.91 Å². The van der Waals surface area contributed by atoms with Crippen LogP contribution in [0.1, 0.15) is 16.4 Å². The molecule has 8 nitrogen and oxygen atoms in total. The van der Waals surface area contributed by atoms with E-state index in [2.05, 4.69) is 32.3 Å². The molecule has 1 amide bonds. The zero-order chi connectivity index (χ0) is 21.6. The molecule has 166 valence electrons. The van der Waals surface area contributed by atoms with Crippen molar-refractivity contribution >= 4 is 11.6 Å². The molecule has 2 saturated heterocycles. The second-order valence-electron chi connectivity index (χ2n) is 7.94. The first-order valence-corrected chi connectivity index (χ1v) is 10.8. The highest BCUT2D eigenvalue weighted by molar-refractivity contribution is 5.92. The molecular formula is C23H31N5O3. The molecule has 1 aromatic heterocycles. The molecule has 4 rings (SSSR count). The number of para-hydroxylation sites is 2. The number of amides is 1. The summed E-state index contributed by atoms with van der Waals surface area (Å²) in [6.45, 7) is 12.0. The van der Waals surface area contributed by atoms with E-state index in [0.29, 0.717) is 31.2 Å². The molecule has 31 heavy (non-hydrogen) atoms. The fourth-order valence-electron chi connectivity index (χ4n) is 4.19. The molecule has 1 aromatic carbocycles. The van der Waals surface area contributed by atoms with Crippen LogP contribution in [0.3, 0.4) is 0 Å². The Morgan fingerprint density at radius 3 is 2.52 bits per heavy atom. The molecule has 0 unspecified atom stereocenters. The number of oxazole rings is 1. The van der Waals surface area contributed by atoms with Gasteiger partial charge in [0.05, 0.1) is 19.3 Å². The van der Waals surface area contributed by atoms with E-state index in [1.54, 1.807) is 7.11 Å². The lowest BCUT2D eigenvalue weighted by Crippen LogP contribution is -2.48. The molecular weight excluding hydrogens is 394 g/mol. The number of ether oxygens (including phenoxy) is 1. The molecule has 0 spiro atoms. The fraction of sp³-hybridized carbons (Fsp3) is 0.478. The van der Waals surface area contributed by atoms with Crippen LogP contribution in [0.5, 0.6) is 5.75 Å². The Balaban J connectivity index is 1.28. The number of benzene rings is 1. The van der Waals surface area contributed by atoms with Gasteiger partial charge in [0.15, 0.2) is 5.69 Å². The van der Waals surface area contributed by atoms with Crippen LogP contribution in [0.2, 0.25) is 0 Å². The SMILES string of the molecule is C=CCN1CCN(C(=O)c2coc(CN3CCN(c4ccccc4OC)CC3)n2)CC1. The Labute approximate surface area is 183 Å². The Morgan fingerprint density at radius 2 is 1.81 bits per heavy atom.